The molecule has 1 heterocycles. The van der Waals surface area contributed by atoms with Gasteiger partial charge < -0.3 is 4.74 Å². The van der Waals surface area contributed by atoms with Crippen molar-refractivity contribution in [3.8, 4) is 5.75 Å². The van der Waals surface area contributed by atoms with E-state index in [1.54, 1.807) is 0 Å². The van der Waals surface area contributed by atoms with Gasteiger partial charge in [-0.1, -0.05) is 60.7 Å². The van der Waals surface area contributed by atoms with Gasteiger partial charge in [-0.25, -0.2) is 9.13 Å². The Balaban J connectivity index is 1.54. The van der Waals surface area contributed by atoms with E-state index in [-0.39, 0.29) is 0 Å². The third-order valence-corrected chi connectivity index (χ3v) is 4.81. The quantitative estimate of drug-likeness (QED) is 0.510. The summed E-state index contributed by atoms with van der Waals surface area (Å²) < 4.78 is 10.2. The van der Waals surface area contributed by atoms with Gasteiger partial charge in [0, 0.05) is 6.42 Å². The maximum absolute atomic E-state index is 6.53. The number of hydrogen-bond donors (Lipinski definition) is 1. The van der Waals surface area contributed by atoms with Crippen molar-refractivity contribution in [1.29, 1.82) is 0 Å². The number of para-hydroxylation sites is 3. The van der Waals surface area contributed by atoms with E-state index >= 15 is 0 Å². The molecule has 4 rings (SSSR count). The highest BCUT2D eigenvalue weighted by atomic mass is 16.5. The van der Waals surface area contributed by atoms with Crippen molar-refractivity contribution in [2.75, 3.05) is 12.3 Å². The first-order valence-corrected chi connectivity index (χ1v) is 9.31. The molecule has 0 saturated carbocycles. The topological polar surface area (TPSA) is 44.1 Å². The number of fused-ring (bicyclic) bond motifs is 1. The van der Waals surface area contributed by atoms with Crippen LogP contribution in [0.1, 0.15) is 5.56 Å². The van der Waals surface area contributed by atoms with Gasteiger partial charge in [-0.05, 0) is 29.8 Å². The maximum atomic E-state index is 6.53. The van der Waals surface area contributed by atoms with Crippen LogP contribution in [0.25, 0.3) is 11.0 Å². The van der Waals surface area contributed by atoms with Crippen LogP contribution < -0.4 is 15.0 Å². The third-order valence-electron chi connectivity index (χ3n) is 4.81. The Kier molecular flexibility index (Phi) is 5.06. The first kappa shape index (κ1) is 17.2. The molecule has 0 aliphatic rings. The molecule has 0 fully saturated rings. The summed E-state index contributed by atoms with van der Waals surface area (Å²) >= 11 is 0. The lowest BCUT2D eigenvalue weighted by Crippen LogP contribution is -2.37. The Morgan fingerprint density at radius 2 is 1.48 bits per heavy atom. The molecule has 27 heavy (non-hydrogen) atoms. The number of nitrogens with two attached hydrogens (primary N) is 1. The Bertz CT molecular complexity index is 1010. The van der Waals surface area contributed by atoms with E-state index in [2.05, 4.69) is 57.7 Å². The minimum Gasteiger partial charge on any atom is -0.490 e. The second-order valence-corrected chi connectivity index (χ2v) is 6.55. The summed E-state index contributed by atoms with van der Waals surface area (Å²) in [6.07, 6.45) is 0.949. The van der Waals surface area contributed by atoms with Crippen LogP contribution in [0.15, 0.2) is 84.9 Å². The zero-order valence-electron chi connectivity index (χ0n) is 15.3. The number of nitrogens with zero attached hydrogens (tertiary/aromatic N) is 2. The molecule has 1 aromatic heterocycles. The van der Waals surface area contributed by atoms with Gasteiger partial charge in [0.05, 0.1) is 6.54 Å². The molecule has 136 valence electrons. The van der Waals surface area contributed by atoms with Crippen molar-refractivity contribution in [2.24, 2.45) is 0 Å². The standard InChI is InChI=1S/C23H23N3O/c24-23-25(16-15-19-9-3-1-4-10-19)21-13-7-8-14-22(21)26(23)17-18-27-20-11-5-2-6-12-20/h1-14,24H,15-18H2/p+1. The highest BCUT2D eigenvalue weighted by Gasteiger charge is 2.20. The normalized spacial score (nSPS) is 11.0. The van der Waals surface area contributed by atoms with E-state index in [0.29, 0.717) is 13.2 Å². The number of ether oxygens (including phenoxy) is 1. The fraction of sp³-hybridized carbons (Fsp3) is 0.174. The van der Waals surface area contributed by atoms with E-state index in [1.165, 1.54) is 5.56 Å². The van der Waals surface area contributed by atoms with Gasteiger partial charge >= 0.3 is 5.95 Å². The van der Waals surface area contributed by atoms with E-state index in [4.69, 9.17) is 10.5 Å². The minimum absolute atomic E-state index is 0.575. The first-order valence-electron chi connectivity index (χ1n) is 9.31. The molecule has 0 aliphatic carbocycles. The lowest BCUT2D eigenvalue weighted by Gasteiger charge is -2.06. The van der Waals surface area contributed by atoms with Crippen molar-refractivity contribution in [1.82, 2.24) is 4.57 Å². The van der Waals surface area contributed by atoms with Gasteiger partial charge in [0.2, 0.25) is 0 Å². The maximum Gasteiger partial charge on any atom is 0.356 e. The van der Waals surface area contributed by atoms with Crippen LogP contribution in [0.4, 0.5) is 5.95 Å². The predicted molar refractivity (Wildman–Crippen MR) is 109 cm³/mol. The zero-order valence-corrected chi connectivity index (χ0v) is 15.3. The molecule has 0 unspecified atom stereocenters. The van der Waals surface area contributed by atoms with Crippen molar-refractivity contribution in [3.05, 3.63) is 90.5 Å². The summed E-state index contributed by atoms with van der Waals surface area (Å²) in [5.41, 5.74) is 10.1. The molecule has 0 amide bonds. The van der Waals surface area contributed by atoms with Gasteiger partial charge in [0.15, 0.2) is 0 Å². The molecule has 0 spiro atoms. The van der Waals surface area contributed by atoms with Gasteiger partial charge in [-0.2, -0.15) is 0 Å². The molecular weight excluding hydrogens is 334 g/mol. The van der Waals surface area contributed by atoms with Gasteiger partial charge in [0.25, 0.3) is 0 Å². The van der Waals surface area contributed by atoms with Crippen LogP contribution >= 0.6 is 0 Å². The Hall–Kier alpha value is -3.27. The monoisotopic (exact) mass is 358 g/mol. The molecule has 0 bridgehead atoms. The summed E-state index contributed by atoms with van der Waals surface area (Å²) in [6, 6.07) is 28.8. The van der Waals surface area contributed by atoms with Crippen molar-refractivity contribution >= 4 is 17.0 Å². The fourth-order valence-corrected chi connectivity index (χ4v) is 3.44. The number of benzene rings is 3. The predicted octanol–water partition coefficient (Wildman–Crippen LogP) is 3.83. The summed E-state index contributed by atoms with van der Waals surface area (Å²) in [5.74, 6) is 1.65. The van der Waals surface area contributed by atoms with E-state index in [9.17, 15) is 0 Å². The highest BCUT2D eigenvalue weighted by molar-refractivity contribution is 5.73. The second-order valence-electron chi connectivity index (χ2n) is 6.55. The van der Waals surface area contributed by atoms with Crippen molar-refractivity contribution in [2.45, 2.75) is 19.5 Å². The van der Waals surface area contributed by atoms with Crippen LogP contribution in [0.5, 0.6) is 5.75 Å². The van der Waals surface area contributed by atoms with E-state index < -0.39 is 0 Å². The number of aryl methyl sites for hydroxylation is 2. The smallest absolute Gasteiger partial charge is 0.356 e. The van der Waals surface area contributed by atoms with Crippen molar-refractivity contribution in [3.63, 3.8) is 0 Å². The number of nitrogen functional groups attached to an aromatic ring is 1. The lowest BCUT2D eigenvalue weighted by atomic mass is 10.1. The van der Waals surface area contributed by atoms with Gasteiger partial charge in [-0.3, -0.25) is 5.73 Å². The van der Waals surface area contributed by atoms with Crippen LogP contribution in [0.2, 0.25) is 0 Å². The van der Waals surface area contributed by atoms with Crippen LogP contribution in [0, 0.1) is 0 Å². The minimum atomic E-state index is 0.575. The summed E-state index contributed by atoms with van der Waals surface area (Å²) in [4.78, 5) is 0. The molecule has 4 aromatic rings. The van der Waals surface area contributed by atoms with Crippen LogP contribution in [-0.4, -0.2) is 11.2 Å². The highest BCUT2D eigenvalue weighted by Crippen LogP contribution is 2.17. The number of rotatable bonds is 7. The Morgan fingerprint density at radius 1 is 0.815 bits per heavy atom. The average Bonchev–Trinajstić information content (AvgIpc) is 2.99. The van der Waals surface area contributed by atoms with E-state index in [1.807, 2.05) is 36.4 Å². The molecule has 2 N–H and O–H groups in total. The van der Waals surface area contributed by atoms with Gasteiger partial charge in [0.1, 0.15) is 29.9 Å². The second kappa shape index (κ2) is 7.96. The molecule has 3 aromatic carbocycles. The fourth-order valence-electron chi connectivity index (χ4n) is 3.44. The van der Waals surface area contributed by atoms with Gasteiger partial charge in [-0.15, -0.1) is 0 Å². The Morgan fingerprint density at radius 3 is 2.26 bits per heavy atom. The van der Waals surface area contributed by atoms with Crippen LogP contribution in [0.3, 0.4) is 0 Å². The van der Waals surface area contributed by atoms with E-state index in [0.717, 1.165) is 35.7 Å². The molecule has 0 atom stereocenters. The largest absolute Gasteiger partial charge is 0.490 e. The number of hydrogen-bond acceptors (Lipinski definition) is 2. The lowest BCUT2D eigenvalue weighted by molar-refractivity contribution is -0.656. The molecule has 4 nitrogen and oxygen atoms in total. The average molecular weight is 358 g/mol. The molecule has 0 radical (unpaired) electrons. The Labute approximate surface area is 159 Å². The molecule has 0 aliphatic heterocycles. The summed E-state index contributed by atoms with van der Waals surface area (Å²) in [7, 11) is 0. The van der Waals surface area contributed by atoms with Crippen molar-refractivity contribution < 1.29 is 9.30 Å². The van der Waals surface area contributed by atoms with Crippen LogP contribution in [-0.2, 0) is 19.5 Å². The number of imidazole rings is 1. The molecule has 0 saturated heterocycles. The summed E-state index contributed by atoms with van der Waals surface area (Å²) in [5, 5.41) is 0. The summed E-state index contributed by atoms with van der Waals surface area (Å²) in [6.45, 7) is 2.13. The first-order chi connectivity index (χ1) is 13.3. The SMILES string of the molecule is Nc1n(CCOc2ccccc2)c2ccccc2[n+]1CCc1ccccc1. The third kappa shape index (κ3) is 3.80. The molecular formula is C23H24N3O+. The molecule has 4 heteroatoms. The number of aromatic nitrogens is 2. The number of anilines is 1. The zero-order chi connectivity index (χ0) is 18.5.